The van der Waals surface area contributed by atoms with E-state index in [4.69, 9.17) is 11.6 Å². The van der Waals surface area contributed by atoms with Gasteiger partial charge in [-0.3, -0.25) is 9.78 Å². The van der Waals surface area contributed by atoms with E-state index in [1.54, 1.807) is 12.1 Å². The number of hydrogen-bond donors (Lipinski definition) is 1. The summed E-state index contributed by atoms with van der Waals surface area (Å²) >= 11 is 5.86. The van der Waals surface area contributed by atoms with Gasteiger partial charge in [0.1, 0.15) is 5.69 Å². The molecule has 3 nitrogen and oxygen atoms in total. The Labute approximate surface area is 124 Å². The first kappa shape index (κ1) is 14.5. The van der Waals surface area contributed by atoms with Crippen LogP contribution in [0.25, 0.3) is 0 Å². The fraction of sp³-hybridized carbons (Fsp3) is 0.250. The molecule has 1 N–H and O–H groups in total. The van der Waals surface area contributed by atoms with Crippen LogP contribution in [0.15, 0.2) is 42.6 Å². The average Bonchev–Trinajstić information content (AvgIpc) is 2.47. The smallest absolute Gasteiger partial charge is 0.270 e. The minimum absolute atomic E-state index is 0.0748. The molecule has 1 unspecified atom stereocenters. The summed E-state index contributed by atoms with van der Waals surface area (Å²) < 4.78 is 0. The maximum atomic E-state index is 12.1. The Morgan fingerprint density at radius 1 is 1.30 bits per heavy atom. The van der Waals surface area contributed by atoms with Crippen molar-refractivity contribution in [2.45, 2.75) is 26.3 Å². The standard InChI is InChI=1S/C16H17ClN2O/c1-3-12-4-6-13(7-5-12)11(2)19-16(20)15-10-14(17)8-9-18-15/h4-11H,3H2,1-2H3,(H,19,20). The van der Waals surface area contributed by atoms with Gasteiger partial charge >= 0.3 is 0 Å². The fourth-order valence-corrected chi connectivity index (χ4v) is 2.08. The van der Waals surface area contributed by atoms with E-state index >= 15 is 0 Å². The van der Waals surface area contributed by atoms with Crippen LogP contribution in [0.2, 0.25) is 5.02 Å². The second-order valence-corrected chi connectivity index (χ2v) is 5.09. The minimum Gasteiger partial charge on any atom is -0.344 e. The first-order valence-corrected chi connectivity index (χ1v) is 6.99. The van der Waals surface area contributed by atoms with Crippen LogP contribution in [0.4, 0.5) is 0 Å². The van der Waals surface area contributed by atoms with E-state index in [0.717, 1.165) is 12.0 Å². The lowest BCUT2D eigenvalue weighted by Crippen LogP contribution is -2.27. The van der Waals surface area contributed by atoms with Gasteiger partial charge in [0.25, 0.3) is 5.91 Å². The van der Waals surface area contributed by atoms with Gasteiger partial charge in [-0.25, -0.2) is 0 Å². The number of nitrogens with one attached hydrogen (secondary N) is 1. The van der Waals surface area contributed by atoms with E-state index in [2.05, 4.69) is 29.4 Å². The largest absolute Gasteiger partial charge is 0.344 e. The lowest BCUT2D eigenvalue weighted by molar-refractivity contribution is 0.0935. The van der Waals surface area contributed by atoms with E-state index < -0.39 is 0 Å². The van der Waals surface area contributed by atoms with E-state index in [-0.39, 0.29) is 11.9 Å². The Kier molecular flexibility index (Phi) is 4.74. The van der Waals surface area contributed by atoms with Crippen molar-refractivity contribution in [3.05, 3.63) is 64.4 Å². The number of rotatable bonds is 4. The number of carbonyl (C=O) groups is 1. The van der Waals surface area contributed by atoms with Crippen LogP contribution in [-0.4, -0.2) is 10.9 Å². The molecular formula is C16H17ClN2O. The number of pyridine rings is 1. The van der Waals surface area contributed by atoms with Gasteiger partial charge in [-0.05, 0) is 36.6 Å². The number of halogens is 1. The first-order valence-electron chi connectivity index (χ1n) is 6.61. The van der Waals surface area contributed by atoms with E-state index in [9.17, 15) is 4.79 Å². The molecule has 104 valence electrons. The summed E-state index contributed by atoms with van der Waals surface area (Å²) in [5.41, 5.74) is 2.68. The highest BCUT2D eigenvalue weighted by Crippen LogP contribution is 2.15. The highest BCUT2D eigenvalue weighted by Gasteiger charge is 2.12. The number of aromatic nitrogens is 1. The maximum Gasteiger partial charge on any atom is 0.270 e. The van der Waals surface area contributed by atoms with Crippen molar-refractivity contribution in [1.82, 2.24) is 10.3 Å². The second kappa shape index (κ2) is 6.53. The molecule has 1 amide bonds. The van der Waals surface area contributed by atoms with Crippen LogP contribution in [-0.2, 0) is 6.42 Å². The molecular weight excluding hydrogens is 272 g/mol. The van der Waals surface area contributed by atoms with Gasteiger partial charge in [0, 0.05) is 11.2 Å². The SMILES string of the molecule is CCc1ccc(C(C)NC(=O)c2cc(Cl)ccn2)cc1. The molecule has 0 aliphatic carbocycles. The number of hydrogen-bond acceptors (Lipinski definition) is 2. The molecule has 2 rings (SSSR count). The predicted molar refractivity (Wildman–Crippen MR) is 80.9 cm³/mol. The highest BCUT2D eigenvalue weighted by molar-refractivity contribution is 6.30. The van der Waals surface area contributed by atoms with Crippen molar-refractivity contribution in [2.75, 3.05) is 0 Å². The molecule has 2 aromatic rings. The maximum absolute atomic E-state index is 12.1. The molecule has 0 saturated carbocycles. The summed E-state index contributed by atoms with van der Waals surface area (Å²) in [5, 5.41) is 3.42. The lowest BCUT2D eigenvalue weighted by atomic mass is 10.0. The van der Waals surface area contributed by atoms with E-state index in [1.165, 1.54) is 11.8 Å². The third-order valence-corrected chi connectivity index (χ3v) is 3.43. The molecule has 0 bridgehead atoms. The molecule has 0 aliphatic heterocycles. The zero-order valence-electron chi connectivity index (χ0n) is 11.6. The fourth-order valence-electron chi connectivity index (χ4n) is 1.92. The number of benzene rings is 1. The highest BCUT2D eigenvalue weighted by atomic mass is 35.5. The van der Waals surface area contributed by atoms with Crippen molar-refractivity contribution < 1.29 is 4.79 Å². The van der Waals surface area contributed by atoms with Crippen molar-refractivity contribution in [3.8, 4) is 0 Å². The normalized spacial score (nSPS) is 11.9. The molecule has 1 aromatic heterocycles. The van der Waals surface area contributed by atoms with Gasteiger partial charge in [0.05, 0.1) is 6.04 Å². The Bertz CT molecular complexity index is 596. The summed E-state index contributed by atoms with van der Waals surface area (Å²) in [6.07, 6.45) is 2.53. The summed E-state index contributed by atoms with van der Waals surface area (Å²) in [4.78, 5) is 16.1. The van der Waals surface area contributed by atoms with Crippen molar-refractivity contribution in [2.24, 2.45) is 0 Å². The molecule has 20 heavy (non-hydrogen) atoms. The number of amides is 1. The monoisotopic (exact) mass is 288 g/mol. The van der Waals surface area contributed by atoms with Gasteiger partial charge < -0.3 is 5.32 Å². The number of aryl methyl sites for hydroxylation is 1. The zero-order chi connectivity index (χ0) is 14.5. The minimum atomic E-state index is -0.223. The summed E-state index contributed by atoms with van der Waals surface area (Å²) in [6, 6.07) is 11.4. The van der Waals surface area contributed by atoms with Gasteiger partial charge in [0.2, 0.25) is 0 Å². The third kappa shape index (κ3) is 3.58. The van der Waals surface area contributed by atoms with Gasteiger partial charge in [0.15, 0.2) is 0 Å². The molecule has 1 heterocycles. The summed E-state index contributed by atoms with van der Waals surface area (Å²) in [7, 11) is 0. The molecule has 0 radical (unpaired) electrons. The van der Waals surface area contributed by atoms with Crippen LogP contribution < -0.4 is 5.32 Å². The molecule has 1 atom stereocenters. The Hall–Kier alpha value is -1.87. The molecule has 0 fully saturated rings. The lowest BCUT2D eigenvalue weighted by Gasteiger charge is -2.14. The van der Waals surface area contributed by atoms with Crippen LogP contribution in [0.3, 0.4) is 0 Å². The van der Waals surface area contributed by atoms with Gasteiger partial charge in [-0.15, -0.1) is 0 Å². The van der Waals surface area contributed by atoms with Crippen LogP contribution in [0.5, 0.6) is 0 Å². The number of nitrogens with zero attached hydrogens (tertiary/aromatic N) is 1. The number of carbonyl (C=O) groups excluding carboxylic acids is 1. The Morgan fingerprint density at radius 2 is 2.00 bits per heavy atom. The van der Waals surface area contributed by atoms with E-state index in [1.807, 2.05) is 19.1 Å². The van der Waals surface area contributed by atoms with Gasteiger partial charge in [-0.1, -0.05) is 42.8 Å². The summed E-state index contributed by atoms with van der Waals surface area (Å²) in [5.74, 6) is -0.223. The third-order valence-electron chi connectivity index (χ3n) is 3.19. The predicted octanol–water partition coefficient (Wildman–Crippen LogP) is 3.79. The first-order chi connectivity index (χ1) is 9.60. The topological polar surface area (TPSA) is 42.0 Å². The zero-order valence-corrected chi connectivity index (χ0v) is 12.3. The quantitative estimate of drug-likeness (QED) is 0.930. The molecule has 4 heteroatoms. The van der Waals surface area contributed by atoms with E-state index in [0.29, 0.717) is 10.7 Å². The molecule has 0 aliphatic rings. The van der Waals surface area contributed by atoms with Crippen molar-refractivity contribution in [3.63, 3.8) is 0 Å². The average molecular weight is 289 g/mol. The van der Waals surface area contributed by atoms with Crippen LogP contribution >= 0.6 is 11.6 Å². The van der Waals surface area contributed by atoms with Crippen LogP contribution in [0.1, 0.15) is 41.5 Å². The molecule has 0 spiro atoms. The molecule has 0 saturated heterocycles. The second-order valence-electron chi connectivity index (χ2n) is 4.65. The van der Waals surface area contributed by atoms with Crippen molar-refractivity contribution >= 4 is 17.5 Å². The summed E-state index contributed by atoms with van der Waals surface area (Å²) in [6.45, 7) is 4.06. The van der Waals surface area contributed by atoms with Crippen LogP contribution in [0, 0.1) is 0 Å². The van der Waals surface area contributed by atoms with Crippen molar-refractivity contribution in [1.29, 1.82) is 0 Å². The Balaban J connectivity index is 2.06. The Morgan fingerprint density at radius 3 is 2.60 bits per heavy atom. The van der Waals surface area contributed by atoms with Gasteiger partial charge in [-0.2, -0.15) is 0 Å². The molecule has 1 aromatic carbocycles.